The minimum absolute atomic E-state index is 0.0379. The number of thiocarbonyl (C=S) groups is 1. The zero-order valence-corrected chi connectivity index (χ0v) is 22.6. The van der Waals surface area contributed by atoms with E-state index >= 15 is 0 Å². The molecule has 7 nitrogen and oxygen atoms in total. The maximum absolute atomic E-state index is 5.97. The van der Waals surface area contributed by atoms with Gasteiger partial charge in [0.15, 0.2) is 5.11 Å². The van der Waals surface area contributed by atoms with Crippen molar-refractivity contribution in [3.63, 3.8) is 0 Å². The smallest absolute Gasteiger partial charge is 0.174 e. The van der Waals surface area contributed by atoms with Crippen molar-refractivity contribution in [1.82, 2.24) is 19.9 Å². The Labute approximate surface area is 229 Å². The molecule has 1 aromatic carbocycles. The monoisotopic (exact) mass is 524 g/mol. The van der Waals surface area contributed by atoms with E-state index in [1.807, 2.05) is 30.7 Å². The first-order valence-electron chi connectivity index (χ1n) is 13.1. The molecular formula is C30H32N6OS. The number of hydrogen-bond acceptors (Lipinski definition) is 5. The van der Waals surface area contributed by atoms with Crippen LogP contribution in [0.1, 0.15) is 40.3 Å². The molecule has 6 rings (SSSR count). The number of hydrogen-bond donors (Lipinski definition) is 1. The second-order valence-electron chi connectivity index (χ2n) is 9.88. The van der Waals surface area contributed by atoms with Crippen molar-refractivity contribution in [3.8, 4) is 0 Å². The first-order valence-corrected chi connectivity index (χ1v) is 13.5. The van der Waals surface area contributed by atoms with Crippen LogP contribution in [0.3, 0.4) is 0 Å². The number of ether oxygens (including phenoxy) is 1. The van der Waals surface area contributed by atoms with Crippen LogP contribution in [0.2, 0.25) is 0 Å². The summed E-state index contributed by atoms with van der Waals surface area (Å²) in [5.74, 6) is 0. The van der Waals surface area contributed by atoms with Gasteiger partial charge in [-0.15, -0.1) is 0 Å². The molecule has 0 bridgehead atoms. The first kappa shape index (κ1) is 24.6. The molecule has 0 amide bonds. The van der Waals surface area contributed by atoms with Crippen LogP contribution in [0.25, 0.3) is 0 Å². The van der Waals surface area contributed by atoms with Crippen molar-refractivity contribution < 1.29 is 4.74 Å². The van der Waals surface area contributed by atoms with Crippen molar-refractivity contribution in [1.29, 1.82) is 0 Å². The summed E-state index contributed by atoms with van der Waals surface area (Å²) >= 11 is 5.97. The highest BCUT2D eigenvalue weighted by Gasteiger charge is 2.42. The van der Waals surface area contributed by atoms with Gasteiger partial charge in [-0.05, 0) is 91.8 Å². The number of anilines is 2. The fourth-order valence-corrected chi connectivity index (χ4v) is 5.98. The number of pyridine rings is 2. The molecule has 2 unspecified atom stereocenters. The third kappa shape index (κ3) is 4.66. The fourth-order valence-electron chi connectivity index (χ4n) is 5.64. The number of morpholine rings is 1. The molecule has 4 aromatic rings. The Hall–Kier alpha value is -3.75. The van der Waals surface area contributed by atoms with Crippen LogP contribution in [-0.4, -0.2) is 46.0 Å². The molecule has 0 aliphatic carbocycles. The summed E-state index contributed by atoms with van der Waals surface area (Å²) in [6.45, 7) is 8.55. The normalized spacial score (nSPS) is 19.6. The van der Waals surface area contributed by atoms with Crippen molar-refractivity contribution in [3.05, 3.63) is 107 Å². The van der Waals surface area contributed by atoms with E-state index < -0.39 is 0 Å². The molecule has 8 heteroatoms. The van der Waals surface area contributed by atoms with E-state index in [0.29, 0.717) is 5.11 Å². The number of nitrogens with one attached hydrogen (secondary N) is 1. The van der Waals surface area contributed by atoms with E-state index in [9.17, 15) is 0 Å². The molecule has 0 spiro atoms. The van der Waals surface area contributed by atoms with Gasteiger partial charge >= 0.3 is 0 Å². The molecule has 0 radical (unpaired) electrons. The van der Waals surface area contributed by atoms with Crippen LogP contribution >= 0.6 is 12.2 Å². The molecule has 194 valence electrons. The third-order valence-corrected chi connectivity index (χ3v) is 7.94. The molecule has 0 saturated carbocycles. The summed E-state index contributed by atoms with van der Waals surface area (Å²) in [5.41, 5.74) is 8.18. The standard InChI is InChI=1S/C30H32N6OS/c1-21-19-26(22(2)35(21)20-23-10-13-31-14-11-23)29-28(27-5-3-4-12-32-27)33-30(38)36(29)25-8-6-24(7-9-25)34-15-17-37-18-16-34/h3-14,19,28-29H,15-18,20H2,1-2H3,(H,33,38). The Morgan fingerprint density at radius 3 is 2.39 bits per heavy atom. The van der Waals surface area contributed by atoms with Crippen LogP contribution in [-0.2, 0) is 11.3 Å². The van der Waals surface area contributed by atoms with E-state index in [0.717, 1.165) is 44.2 Å². The van der Waals surface area contributed by atoms with Gasteiger partial charge in [0.25, 0.3) is 0 Å². The molecule has 2 aliphatic rings. The van der Waals surface area contributed by atoms with Gasteiger partial charge in [0, 0.05) is 61.0 Å². The maximum Gasteiger partial charge on any atom is 0.174 e. The zero-order chi connectivity index (χ0) is 26.1. The molecule has 2 saturated heterocycles. The number of aryl methyl sites for hydroxylation is 1. The summed E-state index contributed by atoms with van der Waals surface area (Å²) < 4.78 is 7.91. The van der Waals surface area contributed by atoms with Crippen LogP contribution in [0, 0.1) is 13.8 Å². The first-order chi connectivity index (χ1) is 18.6. The summed E-state index contributed by atoms with van der Waals surface area (Å²) in [4.78, 5) is 13.5. The Kier molecular flexibility index (Phi) is 6.82. The van der Waals surface area contributed by atoms with Crippen LogP contribution in [0.5, 0.6) is 0 Å². The lowest BCUT2D eigenvalue weighted by molar-refractivity contribution is 0.122. The van der Waals surface area contributed by atoms with Gasteiger partial charge in [-0.3, -0.25) is 9.97 Å². The lowest BCUT2D eigenvalue weighted by Crippen LogP contribution is -2.36. The number of benzene rings is 1. The molecule has 5 heterocycles. The Bertz CT molecular complexity index is 1400. The average molecular weight is 525 g/mol. The van der Waals surface area contributed by atoms with Crippen LogP contribution in [0.15, 0.2) is 79.3 Å². The summed E-state index contributed by atoms with van der Waals surface area (Å²) in [6.07, 6.45) is 5.55. The maximum atomic E-state index is 5.97. The average Bonchev–Trinajstić information content (AvgIpc) is 3.45. The van der Waals surface area contributed by atoms with Gasteiger partial charge < -0.3 is 24.4 Å². The quantitative estimate of drug-likeness (QED) is 0.358. The van der Waals surface area contributed by atoms with Crippen LogP contribution < -0.4 is 15.1 Å². The largest absolute Gasteiger partial charge is 0.378 e. The number of nitrogens with zero attached hydrogens (tertiary/aromatic N) is 5. The van der Waals surface area contributed by atoms with Crippen molar-refractivity contribution in [2.24, 2.45) is 0 Å². The highest BCUT2D eigenvalue weighted by molar-refractivity contribution is 7.80. The van der Waals surface area contributed by atoms with Crippen molar-refractivity contribution in [2.45, 2.75) is 32.5 Å². The summed E-state index contributed by atoms with van der Waals surface area (Å²) in [7, 11) is 0. The van der Waals surface area contributed by atoms with E-state index in [4.69, 9.17) is 21.9 Å². The van der Waals surface area contributed by atoms with E-state index in [2.05, 4.69) is 87.0 Å². The minimum atomic E-state index is -0.0718. The topological polar surface area (TPSA) is 58.5 Å². The molecule has 2 atom stereocenters. The molecule has 1 N–H and O–H groups in total. The van der Waals surface area contributed by atoms with Gasteiger partial charge in [-0.1, -0.05) is 6.07 Å². The lowest BCUT2D eigenvalue weighted by atomic mass is 9.96. The van der Waals surface area contributed by atoms with Crippen molar-refractivity contribution in [2.75, 3.05) is 36.1 Å². The van der Waals surface area contributed by atoms with E-state index in [-0.39, 0.29) is 12.1 Å². The second-order valence-corrected chi connectivity index (χ2v) is 10.3. The lowest BCUT2D eigenvalue weighted by Gasteiger charge is -2.31. The molecule has 2 aliphatic heterocycles. The molecule has 3 aromatic heterocycles. The Morgan fingerprint density at radius 1 is 0.947 bits per heavy atom. The zero-order valence-electron chi connectivity index (χ0n) is 21.7. The summed E-state index contributed by atoms with van der Waals surface area (Å²) in [5, 5.41) is 4.31. The fraction of sp³-hybridized carbons (Fsp3) is 0.300. The second kappa shape index (κ2) is 10.6. The predicted octanol–water partition coefficient (Wildman–Crippen LogP) is 4.96. The van der Waals surface area contributed by atoms with Crippen molar-refractivity contribution >= 4 is 28.7 Å². The van der Waals surface area contributed by atoms with E-state index in [1.165, 1.54) is 28.2 Å². The van der Waals surface area contributed by atoms with E-state index in [1.54, 1.807) is 0 Å². The van der Waals surface area contributed by atoms with Gasteiger partial charge in [-0.25, -0.2) is 0 Å². The highest BCUT2D eigenvalue weighted by atomic mass is 32.1. The van der Waals surface area contributed by atoms with Gasteiger partial charge in [0.2, 0.25) is 0 Å². The summed E-state index contributed by atoms with van der Waals surface area (Å²) in [6, 6.07) is 21.2. The number of aromatic nitrogens is 3. The van der Waals surface area contributed by atoms with Gasteiger partial charge in [0.1, 0.15) is 0 Å². The Morgan fingerprint density at radius 2 is 1.68 bits per heavy atom. The predicted molar refractivity (Wildman–Crippen MR) is 155 cm³/mol. The van der Waals surface area contributed by atoms with Gasteiger partial charge in [-0.2, -0.15) is 0 Å². The van der Waals surface area contributed by atoms with Crippen LogP contribution in [0.4, 0.5) is 11.4 Å². The number of rotatable bonds is 6. The molecule has 2 fully saturated rings. The minimum Gasteiger partial charge on any atom is -0.378 e. The van der Waals surface area contributed by atoms with Gasteiger partial charge in [0.05, 0.1) is 31.0 Å². The molecular weight excluding hydrogens is 492 g/mol. The third-order valence-electron chi connectivity index (χ3n) is 7.62. The SMILES string of the molecule is Cc1cc(C2C(c3ccccn3)NC(=S)N2c2ccc(N3CCOCC3)cc2)c(C)n1Cc1ccncc1. The Balaban J connectivity index is 1.39. The highest BCUT2D eigenvalue weighted by Crippen LogP contribution is 2.43. The molecule has 38 heavy (non-hydrogen) atoms.